The van der Waals surface area contributed by atoms with Gasteiger partial charge < -0.3 is 14.2 Å². The fourth-order valence-electron chi connectivity index (χ4n) is 2.38. The normalized spacial score (nSPS) is 11.5. The third-order valence-electron chi connectivity index (χ3n) is 3.61. The van der Waals surface area contributed by atoms with Crippen molar-refractivity contribution in [3.63, 3.8) is 0 Å². The van der Waals surface area contributed by atoms with E-state index in [1.165, 1.54) is 51.7 Å². The molecule has 0 aliphatic rings. The van der Waals surface area contributed by atoms with E-state index in [1.54, 1.807) is 6.07 Å². The van der Waals surface area contributed by atoms with Crippen molar-refractivity contribution < 1.29 is 32.2 Å². The summed E-state index contributed by atoms with van der Waals surface area (Å²) in [4.78, 5) is 12.5. The monoisotopic (exact) mass is 366 g/mol. The first-order valence-electron chi connectivity index (χ1n) is 7.50. The predicted octanol–water partition coefficient (Wildman–Crippen LogP) is 4.63. The van der Waals surface area contributed by atoms with Crippen molar-refractivity contribution in [2.24, 2.45) is 0 Å². The quantitative estimate of drug-likeness (QED) is 0.552. The molecule has 2 rings (SSSR count). The maximum Gasteiger partial charge on any atom is 0.416 e. The Bertz CT molecular complexity index is 826. The molecule has 2 aromatic rings. The summed E-state index contributed by atoms with van der Waals surface area (Å²) >= 11 is 0. The highest BCUT2D eigenvalue weighted by atomic mass is 19.4. The zero-order valence-corrected chi connectivity index (χ0v) is 14.4. The van der Waals surface area contributed by atoms with Crippen molar-refractivity contribution in [1.29, 1.82) is 0 Å². The Labute approximate surface area is 148 Å². The number of alkyl halides is 3. The highest BCUT2D eigenvalue weighted by Crippen LogP contribution is 2.40. The third kappa shape index (κ3) is 4.17. The molecule has 0 fully saturated rings. The first-order valence-corrected chi connectivity index (χ1v) is 7.50. The van der Waals surface area contributed by atoms with Crippen LogP contribution in [-0.2, 0) is 6.18 Å². The van der Waals surface area contributed by atoms with E-state index in [0.717, 1.165) is 12.1 Å². The number of carbonyl (C=O) groups is 1. The van der Waals surface area contributed by atoms with Crippen LogP contribution in [0.25, 0.3) is 6.08 Å². The molecule has 0 N–H and O–H groups in total. The van der Waals surface area contributed by atoms with Gasteiger partial charge in [-0.15, -0.1) is 0 Å². The number of halogens is 3. The number of hydrogen-bond donors (Lipinski definition) is 0. The lowest BCUT2D eigenvalue weighted by molar-refractivity contribution is -0.137. The maximum atomic E-state index is 12.8. The first kappa shape index (κ1) is 19.4. The van der Waals surface area contributed by atoms with Crippen molar-refractivity contribution in [2.45, 2.75) is 6.18 Å². The molecular weight excluding hydrogens is 349 g/mol. The van der Waals surface area contributed by atoms with E-state index in [-0.39, 0.29) is 22.6 Å². The fraction of sp³-hybridized carbons (Fsp3) is 0.211. The van der Waals surface area contributed by atoms with Crippen molar-refractivity contribution >= 4 is 11.9 Å². The summed E-state index contributed by atoms with van der Waals surface area (Å²) in [6.07, 6.45) is -1.95. The van der Waals surface area contributed by atoms with Gasteiger partial charge in [-0.25, -0.2) is 0 Å². The minimum Gasteiger partial charge on any atom is -0.493 e. The predicted molar refractivity (Wildman–Crippen MR) is 90.9 cm³/mol. The Morgan fingerprint density at radius 3 is 2.23 bits per heavy atom. The van der Waals surface area contributed by atoms with Gasteiger partial charge in [0.1, 0.15) is 0 Å². The van der Waals surface area contributed by atoms with Crippen molar-refractivity contribution in [3.05, 3.63) is 59.2 Å². The molecule has 0 aliphatic heterocycles. The number of methoxy groups -OCH3 is 3. The summed E-state index contributed by atoms with van der Waals surface area (Å²) in [5.41, 5.74) is -0.322. The largest absolute Gasteiger partial charge is 0.493 e. The van der Waals surface area contributed by atoms with E-state index < -0.39 is 17.5 Å². The average Bonchev–Trinajstić information content (AvgIpc) is 2.64. The molecule has 0 atom stereocenters. The number of allylic oxidation sites excluding steroid dienone is 1. The first-order chi connectivity index (χ1) is 12.3. The average molecular weight is 366 g/mol. The van der Waals surface area contributed by atoms with Crippen LogP contribution in [0.1, 0.15) is 21.5 Å². The van der Waals surface area contributed by atoms with E-state index in [0.29, 0.717) is 5.75 Å². The minimum absolute atomic E-state index is 0.186. The van der Waals surface area contributed by atoms with Crippen LogP contribution < -0.4 is 14.2 Å². The fourth-order valence-corrected chi connectivity index (χ4v) is 2.38. The molecule has 7 heteroatoms. The molecule has 0 aliphatic carbocycles. The minimum atomic E-state index is -4.44. The van der Waals surface area contributed by atoms with Crippen LogP contribution in [0.4, 0.5) is 13.2 Å². The molecule has 0 spiro atoms. The Morgan fingerprint density at radius 1 is 0.962 bits per heavy atom. The molecule has 0 radical (unpaired) electrons. The molecule has 4 nitrogen and oxygen atoms in total. The number of benzene rings is 2. The van der Waals surface area contributed by atoms with Crippen LogP contribution in [0.2, 0.25) is 0 Å². The van der Waals surface area contributed by atoms with E-state index >= 15 is 0 Å². The molecule has 138 valence electrons. The van der Waals surface area contributed by atoms with E-state index in [1.807, 2.05) is 0 Å². The van der Waals surface area contributed by atoms with Crippen LogP contribution in [-0.4, -0.2) is 27.1 Å². The Kier molecular flexibility index (Phi) is 5.92. The second kappa shape index (κ2) is 7.95. The third-order valence-corrected chi connectivity index (χ3v) is 3.61. The summed E-state index contributed by atoms with van der Waals surface area (Å²) in [6.45, 7) is 0. The van der Waals surface area contributed by atoms with Gasteiger partial charge in [-0.3, -0.25) is 4.79 Å². The Hall–Kier alpha value is -2.96. The standard InChI is InChI=1S/C19H17F3O4/c1-24-16-10-8-14(17(25-2)18(16)26-3)15(23)9-7-12-5-4-6-13(11-12)19(20,21)22/h4-11H,1-3H3. The molecule has 0 saturated carbocycles. The summed E-state index contributed by atoms with van der Waals surface area (Å²) < 4.78 is 53.9. The van der Waals surface area contributed by atoms with Crippen LogP contribution >= 0.6 is 0 Å². The van der Waals surface area contributed by atoms with Crippen molar-refractivity contribution in [1.82, 2.24) is 0 Å². The summed E-state index contributed by atoms with van der Waals surface area (Å²) in [7, 11) is 4.24. The van der Waals surface area contributed by atoms with Gasteiger partial charge in [0.2, 0.25) is 5.75 Å². The van der Waals surface area contributed by atoms with Gasteiger partial charge in [-0.05, 0) is 35.9 Å². The van der Waals surface area contributed by atoms with Crippen LogP contribution in [0.5, 0.6) is 17.2 Å². The molecule has 0 heterocycles. The lowest BCUT2D eigenvalue weighted by Gasteiger charge is -2.14. The van der Waals surface area contributed by atoms with Crippen LogP contribution in [0.15, 0.2) is 42.5 Å². The lowest BCUT2D eigenvalue weighted by Crippen LogP contribution is -2.04. The Morgan fingerprint density at radius 2 is 1.65 bits per heavy atom. The zero-order valence-electron chi connectivity index (χ0n) is 14.4. The molecule has 0 aromatic heterocycles. The van der Waals surface area contributed by atoms with Crippen molar-refractivity contribution in [3.8, 4) is 17.2 Å². The number of rotatable bonds is 6. The maximum absolute atomic E-state index is 12.8. The number of hydrogen-bond acceptors (Lipinski definition) is 4. The zero-order chi connectivity index (χ0) is 19.3. The highest BCUT2D eigenvalue weighted by Gasteiger charge is 2.30. The van der Waals surface area contributed by atoms with Gasteiger partial charge in [-0.2, -0.15) is 13.2 Å². The van der Waals surface area contributed by atoms with Gasteiger partial charge in [-0.1, -0.05) is 18.2 Å². The highest BCUT2D eigenvalue weighted by molar-refractivity contribution is 6.09. The van der Waals surface area contributed by atoms with Crippen LogP contribution in [0, 0.1) is 0 Å². The number of ketones is 1. The van der Waals surface area contributed by atoms with Crippen LogP contribution in [0.3, 0.4) is 0 Å². The SMILES string of the molecule is COc1ccc(C(=O)C=Cc2cccc(C(F)(F)F)c2)c(OC)c1OC. The van der Waals surface area contributed by atoms with Gasteiger partial charge in [0, 0.05) is 0 Å². The lowest BCUT2D eigenvalue weighted by atomic mass is 10.1. The second-order valence-electron chi connectivity index (χ2n) is 5.20. The van der Waals surface area contributed by atoms with E-state index in [2.05, 4.69) is 0 Å². The number of carbonyl (C=O) groups excluding carboxylic acids is 1. The van der Waals surface area contributed by atoms with E-state index in [4.69, 9.17) is 14.2 Å². The molecule has 0 unspecified atom stereocenters. The van der Waals surface area contributed by atoms with Gasteiger partial charge >= 0.3 is 6.18 Å². The number of ether oxygens (including phenoxy) is 3. The van der Waals surface area contributed by atoms with E-state index in [9.17, 15) is 18.0 Å². The molecule has 26 heavy (non-hydrogen) atoms. The van der Waals surface area contributed by atoms with Gasteiger partial charge in [0.25, 0.3) is 0 Å². The van der Waals surface area contributed by atoms with Gasteiger partial charge in [0.05, 0.1) is 32.5 Å². The summed E-state index contributed by atoms with van der Waals surface area (Å²) in [5, 5.41) is 0. The van der Waals surface area contributed by atoms with Gasteiger partial charge in [0.15, 0.2) is 17.3 Å². The second-order valence-corrected chi connectivity index (χ2v) is 5.20. The molecule has 0 amide bonds. The Balaban J connectivity index is 2.35. The summed E-state index contributed by atoms with van der Waals surface area (Å²) in [5.74, 6) is 0.391. The smallest absolute Gasteiger partial charge is 0.416 e. The molecule has 2 aromatic carbocycles. The van der Waals surface area contributed by atoms with Crippen molar-refractivity contribution in [2.75, 3.05) is 21.3 Å². The topological polar surface area (TPSA) is 44.8 Å². The molecule has 0 bridgehead atoms. The summed E-state index contributed by atoms with van der Waals surface area (Å²) in [6, 6.07) is 7.74. The molecule has 0 saturated heterocycles. The molecular formula is C19H17F3O4.